The highest BCUT2D eigenvalue weighted by Gasteiger charge is 2.33. The summed E-state index contributed by atoms with van der Waals surface area (Å²) in [4.78, 5) is 39.3. The first kappa shape index (κ1) is 21.9. The third-order valence-corrected chi connectivity index (χ3v) is 5.61. The number of carbonyl (C=O) groups excluding carboxylic acids is 3. The minimum absolute atomic E-state index is 0.0844. The maximum Gasteiger partial charge on any atom is 0.416 e. The zero-order valence-electron chi connectivity index (χ0n) is 16.5. The Kier molecular flexibility index (Phi) is 6.52. The topological polar surface area (TPSA) is 95.7 Å². The predicted molar refractivity (Wildman–Crippen MR) is 102 cm³/mol. The van der Waals surface area contributed by atoms with Crippen molar-refractivity contribution < 1.29 is 27.6 Å². The summed E-state index contributed by atoms with van der Waals surface area (Å²) in [6.45, 7) is 1.23. The summed E-state index contributed by atoms with van der Waals surface area (Å²) in [6.07, 6.45) is -2.29. The van der Waals surface area contributed by atoms with Crippen LogP contribution in [0.3, 0.4) is 0 Å². The molecular formula is C20H25F3N4O3. The van der Waals surface area contributed by atoms with E-state index in [1.54, 1.807) is 4.90 Å². The number of nitrogens with two attached hydrogens (primary N) is 1. The summed E-state index contributed by atoms with van der Waals surface area (Å²) in [5, 5.41) is 2.81. The molecule has 0 radical (unpaired) electrons. The van der Waals surface area contributed by atoms with Crippen molar-refractivity contribution in [1.29, 1.82) is 0 Å². The molecule has 0 spiro atoms. The van der Waals surface area contributed by atoms with Crippen molar-refractivity contribution in [1.82, 2.24) is 15.1 Å². The number of urea groups is 1. The second-order valence-corrected chi connectivity index (χ2v) is 7.75. The van der Waals surface area contributed by atoms with Crippen LogP contribution >= 0.6 is 0 Å². The fourth-order valence-electron chi connectivity index (χ4n) is 3.96. The SMILES string of the molecule is NC(=O)N1CCCC(C(=O)NC(CN2CCCC2=O)c2cccc(C(F)(F)F)c2)C1. The molecule has 3 rings (SSSR count). The van der Waals surface area contributed by atoms with E-state index in [9.17, 15) is 27.6 Å². The Morgan fingerprint density at radius 3 is 2.63 bits per heavy atom. The van der Waals surface area contributed by atoms with Gasteiger partial charge in [0, 0.05) is 32.6 Å². The highest BCUT2D eigenvalue weighted by Crippen LogP contribution is 2.31. The molecule has 2 fully saturated rings. The van der Waals surface area contributed by atoms with Gasteiger partial charge in [0.1, 0.15) is 0 Å². The number of nitrogens with one attached hydrogen (secondary N) is 1. The van der Waals surface area contributed by atoms with Crippen LogP contribution in [0.1, 0.15) is 42.9 Å². The number of carbonyl (C=O) groups is 3. The molecule has 1 aromatic carbocycles. The highest BCUT2D eigenvalue weighted by atomic mass is 19.4. The maximum absolute atomic E-state index is 13.2. The molecule has 0 aromatic heterocycles. The van der Waals surface area contributed by atoms with E-state index in [0.717, 1.165) is 12.1 Å². The van der Waals surface area contributed by atoms with Crippen LogP contribution in [0.15, 0.2) is 24.3 Å². The summed E-state index contributed by atoms with van der Waals surface area (Å²) >= 11 is 0. The zero-order valence-corrected chi connectivity index (χ0v) is 16.5. The standard InChI is InChI=1S/C20H25F3N4O3/c21-20(22,23)15-6-1-4-13(10-15)16(12-26-8-3-7-17(26)28)25-18(29)14-5-2-9-27(11-14)19(24)30/h1,4,6,10,14,16H,2-3,5,7-9,11-12H2,(H2,24,30)(H,25,29). The molecule has 2 aliphatic rings. The fourth-order valence-corrected chi connectivity index (χ4v) is 3.96. The van der Waals surface area contributed by atoms with Gasteiger partial charge in [-0.25, -0.2) is 4.79 Å². The number of piperidine rings is 1. The first-order valence-corrected chi connectivity index (χ1v) is 9.95. The first-order valence-electron chi connectivity index (χ1n) is 9.95. The lowest BCUT2D eigenvalue weighted by atomic mass is 9.96. The minimum Gasteiger partial charge on any atom is -0.351 e. The largest absolute Gasteiger partial charge is 0.416 e. The van der Waals surface area contributed by atoms with Crippen LogP contribution in [0, 0.1) is 5.92 Å². The van der Waals surface area contributed by atoms with Gasteiger partial charge in [-0.2, -0.15) is 13.2 Å². The van der Waals surface area contributed by atoms with Crippen LogP contribution in [0.4, 0.5) is 18.0 Å². The van der Waals surface area contributed by atoms with E-state index in [1.807, 2.05) is 0 Å². The maximum atomic E-state index is 13.2. The number of benzene rings is 1. The smallest absolute Gasteiger partial charge is 0.351 e. The normalized spacial score (nSPS) is 20.9. The van der Waals surface area contributed by atoms with Gasteiger partial charge in [-0.3, -0.25) is 9.59 Å². The van der Waals surface area contributed by atoms with Gasteiger partial charge in [0.25, 0.3) is 0 Å². The van der Waals surface area contributed by atoms with E-state index < -0.39 is 29.7 Å². The third kappa shape index (κ3) is 5.22. The van der Waals surface area contributed by atoms with Crippen LogP contribution in [0.25, 0.3) is 0 Å². The molecular weight excluding hydrogens is 401 g/mol. The van der Waals surface area contributed by atoms with E-state index in [0.29, 0.717) is 38.8 Å². The molecule has 0 bridgehead atoms. The number of likely N-dealkylation sites (tertiary alicyclic amines) is 2. The quantitative estimate of drug-likeness (QED) is 0.756. The van der Waals surface area contributed by atoms with Crippen LogP contribution in [0.2, 0.25) is 0 Å². The van der Waals surface area contributed by atoms with Gasteiger partial charge in [-0.15, -0.1) is 0 Å². The van der Waals surface area contributed by atoms with Gasteiger partial charge < -0.3 is 20.9 Å². The molecule has 3 N–H and O–H groups in total. The van der Waals surface area contributed by atoms with E-state index in [-0.39, 0.29) is 30.5 Å². The molecule has 2 atom stereocenters. The van der Waals surface area contributed by atoms with Gasteiger partial charge in [0.2, 0.25) is 11.8 Å². The van der Waals surface area contributed by atoms with Crippen LogP contribution in [0.5, 0.6) is 0 Å². The average Bonchev–Trinajstić information content (AvgIpc) is 3.11. The molecule has 1 aromatic rings. The van der Waals surface area contributed by atoms with Gasteiger partial charge in [0.05, 0.1) is 17.5 Å². The summed E-state index contributed by atoms with van der Waals surface area (Å²) in [5.74, 6) is -0.956. The van der Waals surface area contributed by atoms with Crippen molar-refractivity contribution in [2.24, 2.45) is 11.7 Å². The molecule has 30 heavy (non-hydrogen) atoms. The van der Waals surface area contributed by atoms with Gasteiger partial charge in [-0.05, 0) is 37.0 Å². The second-order valence-electron chi connectivity index (χ2n) is 7.75. The summed E-state index contributed by atoms with van der Waals surface area (Å²) in [7, 11) is 0. The van der Waals surface area contributed by atoms with Gasteiger partial charge >= 0.3 is 12.2 Å². The van der Waals surface area contributed by atoms with Crippen molar-refractivity contribution in [3.8, 4) is 0 Å². The number of hydrogen-bond acceptors (Lipinski definition) is 3. The average molecular weight is 426 g/mol. The van der Waals surface area contributed by atoms with E-state index in [2.05, 4.69) is 5.32 Å². The molecule has 2 aliphatic heterocycles. The molecule has 2 saturated heterocycles. The highest BCUT2D eigenvalue weighted by molar-refractivity contribution is 5.81. The van der Waals surface area contributed by atoms with Gasteiger partial charge in [-0.1, -0.05) is 12.1 Å². The Morgan fingerprint density at radius 1 is 1.23 bits per heavy atom. The molecule has 4 amide bonds. The molecule has 7 nitrogen and oxygen atoms in total. The second kappa shape index (κ2) is 8.93. The fraction of sp³-hybridized carbons (Fsp3) is 0.550. The number of alkyl halides is 3. The lowest BCUT2D eigenvalue weighted by molar-refractivity contribution is -0.137. The summed E-state index contributed by atoms with van der Waals surface area (Å²) in [6, 6.07) is 3.38. The Bertz CT molecular complexity index is 815. The van der Waals surface area contributed by atoms with E-state index in [1.165, 1.54) is 17.0 Å². The van der Waals surface area contributed by atoms with E-state index >= 15 is 0 Å². The molecule has 2 heterocycles. The van der Waals surface area contributed by atoms with Crippen LogP contribution in [-0.2, 0) is 15.8 Å². The number of halogens is 3. The minimum atomic E-state index is -4.51. The summed E-state index contributed by atoms with van der Waals surface area (Å²) in [5.41, 5.74) is 4.77. The third-order valence-electron chi connectivity index (χ3n) is 5.61. The van der Waals surface area contributed by atoms with Crippen molar-refractivity contribution in [2.45, 2.75) is 37.9 Å². The predicted octanol–water partition coefficient (Wildman–Crippen LogP) is 2.28. The van der Waals surface area contributed by atoms with Gasteiger partial charge in [0.15, 0.2) is 0 Å². The Morgan fingerprint density at radius 2 is 2.00 bits per heavy atom. The summed E-state index contributed by atoms with van der Waals surface area (Å²) < 4.78 is 39.5. The molecule has 10 heteroatoms. The Balaban J connectivity index is 1.80. The zero-order chi connectivity index (χ0) is 21.9. The molecule has 164 valence electrons. The lowest BCUT2D eigenvalue weighted by Crippen LogP contribution is -2.48. The Labute approximate surface area is 172 Å². The molecule has 2 unspecified atom stereocenters. The van der Waals surface area contributed by atoms with Crippen molar-refractivity contribution in [2.75, 3.05) is 26.2 Å². The monoisotopic (exact) mass is 426 g/mol. The number of amides is 4. The molecule has 0 aliphatic carbocycles. The lowest BCUT2D eigenvalue weighted by Gasteiger charge is -2.32. The number of nitrogens with zero attached hydrogens (tertiary/aromatic N) is 2. The Hall–Kier alpha value is -2.78. The van der Waals surface area contributed by atoms with Crippen LogP contribution < -0.4 is 11.1 Å². The van der Waals surface area contributed by atoms with Crippen LogP contribution in [-0.4, -0.2) is 53.8 Å². The number of hydrogen-bond donors (Lipinski definition) is 2. The van der Waals surface area contributed by atoms with Crippen molar-refractivity contribution in [3.63, 3.8) is 0 Å². The number of rotatable bonds is 5. The molecule has 0 saturated carbocycles. The van der Waals surface area contributed by atoms with Crippen molar-refractivity contribution in [3.05, 3.63) is 35.4 Å². The van der Waals surface area contributed by atoms with Crippen molar-refractivity contribution >= 4 is 17.8 Å². The van der Waals surface area contributed by atoms with E-state index in [4.69, 9.17) is 5.73 Å². The first-order chi connectivity index (χ1) is 14.1. The number of primary amides is 1.